The minimum absolute atomic E-state index is 0.821. The molecule has 0 atom stereocenters. The predicted molar refractivity (Wildman–Crippen MR) is 87.3 cm³/mol. The van der Waals surface area contributed by atoms with Gasteiger partial charge in [0.1, 0.15) is 0 Å². The summed E-state index contributed by atoms with van der Waals surface area (Å²) in [6.07, 6.45) is 1.90. The monoisotopic (exact) mass is 280 g/mol. The molecule has 2 aromatic carbocycles. The molecule has 3 aromatic rings. The van der Waals surface area contributed by atoms with Crippen LogP contribution in [-0.4, -0.2) is 18.3 Å². The van der Waals surface area contributed by atoms with Gasteiger partial charge in [-0.3, -0.25) is 5.01 Å². The molecule has 1 heterocycles. The Bertz CT molecular complexity index is 716. The second-order valence-corrected chi connectivity index (χ2v) is 5.64. The van der Waals surface area contributed by atoms with Crippen LogP contribution >= 0.6 is 11.3 Å². The third kappa shape index (κ3) is 2.89. The second kappa shape index (κ2) is 5.88. The van der Waals surface area contributed by atoms with Gasteiger partial charge in [0.05, 0.1) is 12.8 Å². The fourth-order valence-corrected chi connectivity index (χ4v) is 3.08. The molecule has 0 aliphatic carbocycles. The molecule has 0 saturated carbocycles. The number of rotatable bonds is 4. The van der Waals surface area contributed by atoms with Crippen molar-refractivity contribution in [2.75, 3.05) is 7.05 Å². The zero-order valence-corrected chi connectivity index (χ0v) is 12.2. The van der Waals surface area contributed by atoms with Crippen molar-refractivity contribution >= 4 is 27.6 Å². The first kappa shape index (κ1) is 12.9. The van der Waals surface area contributed by atoms with Gasteiger partial charge in [-0.25, -0.2) is 0 Å². The van der Waals surface area contributed by atoms with Crippen molar-refractivity contribution in [3.63, 3.8) is 0 Å². The van der Waals surface area contributed by atoms with E-state index in [-0.39, 0.29) is 0 Å². The molecular formula is C17H16N2S. The fourth-order valence-electron chi connectivity index (χ4n) is 2.17. The minimum Gasteiger partial charge on any atom is -0.296 e. The van der Waals surface area contributed by atoms with Crippen LogP contribution in [0, 0.1) is 0 Å². The van der Waals surface area contributed by atoms with Gasteiger partial charge in [0.15, 0.2) is 0 Å². The Kier molecular flexibility index (Phi) is 3.79. The number of benzene rings is 2. The Morgan fingerprint density at radius 1 is 1.05 bits per heavy atom. The summed E-state index contributed by atoms with van der Waals surface area (Å²) < 4.78 is 1.36. The Hall–Kier alpha value is -2.13. The lowest BCUT2D eigenvalue weighted by Gasteiger charge is -2.13. The van der Waals surface area contributed by atoms with E-state index in [2.05, 4.69) is 46.9 Å². The maximum absolute atomic E-state index is 4.49. The highest BCUT2D eigenvalue weighted by Crippen LogP contribution is 2.25. The number of nitrogens with zero attached hydrogens (tertiary/aromatic N) is 2. The van der Waals surface area contributed by atoms with E-state index in [0.717, 1.165) is 12.1 Å². The van der Waals surface area contributed by atoms with Crippen LogP contribution in [0.3, 0.4) is 0 Å². The van der Waals surface area contributed by atoms with Gasteiger partial charge in [-0.05, 0) is 28.0 Å². The topological polar surface area (TPSA) is 15.6 Å². The van der Waals surface area contributed by atoms with E-state index in [1.165, 1.54) is 15.6 Å². The van der Waals surface area contributed by atoms with E-state index in [1.807, 2.05) is 36.5 Å². The predicted octanol–water partition coefficient (Wildman–Crippen LogP) is 4.37. The molecule has 0 amide bonds. The van der Waals surface area contributed by atoms with Gasteiger partial charge in [0.25, 0.3) is 0 Å². The van der Waals surface area contributed by atoms with Crippen LogP contribution in [0.15, 0.2) is 65.1 Å². The lowest BCUT2D eigenvalue weighted by atomic mass is 10.1. The van der Waals surface area contributed by atoms with Gasteiger partial charge < -0.3 is 0 Å². The van der Waals surface area contributed by atoms with Crippen molar-refractivity contribution in [2.45, 2.75) is 6.54 Å². The molecule has 2 nitrogen and oxygen atoms in total. The maximum Gasteiger partial charge on any atom is 0.0621 e. The molecule has 1 aromatic heterocycles. The summed E-state index contributed by atoms with van der Waals surface area (Å²) in [7, 11) is 2.01. The van der Waals surface area contributed by atoms with Crippen LogP contribution in [0.25, 0.3) is 10.1 Å². The smallest absolute Gasteiger partial charge is 0.0621 e. The molecule has 0 fully saturated rings. The van der Waals surface area contributed by atoms with Gasteiger partial charge in [0.2, 0.25) is 0 Å². The molecule has 0 aliphatic heterocycles. The number of hydrogen-bond donors (Lipinski definition) is 0. The van der Waals surface area contributed by atoms with Crippen LogP contribution in [0.2, 0.25) is 0 Å². The Labute approximate surface area is 123 Å². The fraction of sp³-hybridized carbons (Fsp3) is 0.118. The number of hydrazone groups is 1. The van der Waals surface area contributed by atoms with E-state index in [1.54, 1.807) is 11.3 Å². The van der Waals surface area contributed by atoms with E-state index in [9.17, 15) is 0 Å². The quantitative estimate of drug-likeness (QED) is 0.512. The average Bonchev–Trinajstić information content (AvgIpc) is 2.96. The number of fused-ring (bicyclic) bond motifs is 1. The molecule has 0 saturated heterocycles. The lowest BCUT2D eigenvalue weighted by molar-refractivity contribution is 0.350. The van der Waals surface area contributed by atoms with Gasteiger partial charge in [0, 0.05) is 11.7 Å². The first-order valence-corrected chi connectivity index (χ1v) is 7.46. The summed E-state index contributed by atoms with van der Waals surface area (Å²) in [6.45, 7) is 0.821. The average molecular weight is 280 g/mol. The van der Waals surface area contributed by atoms with Crippen LogP contribution in [-0.2, 0) is 6.54 Å². The van der Waals surface area contributed by atoms with Crippen molar-refractivity contribution in [1.82, 2.24) is 5.01 Å². The maximum atomic E-state index is 4.49. The van der Waals surface area contributed by atoms with Crippen LogP contribution in [0.4, 0.5) is 0 Å². The normalized spacial score (nSPS) is 11.2. The Balaban J connectivity index is 1.74. The summed E-state index contributed by atoms with van der Waals surface area (Å²) >= 11 is 1.79. The molecule has 0 radical (unpaired) electrons. The van der Waals surface area contributed by atoms with Crippen molar-refractivity contribution in [3.8, 4) is 0 Å². The standard InChI is InChI=1S/C17H16N2S/c1-19(18-12-14-6-3-2-4-7-14)13-16-9-5-8-15-10-11-20-17(15)16/h2-12H,13H2,1H3/b18-12+. The summed E-state index contributed by atoms with van der Waals surface area (Å²) in [6, 6.07) is 18.8. The van der Waals surface area contributed by atoms with Crippen molar-refractivity contribution < 1.29 is 0 Å². The highest BCUT2D eigenvalue weighted by Gasteiger charge is 2.03. The van der Waals surface area contributed by atoms with E-state index in [0.29, 0.717) is 0 Å². The van der Waals surface area contributed by atoms with Gasteiger partial charge in [-0.1, -0.05) is 48.5 Å². The molecule has 0 spiro atoms. The van der Waals surface area contributed by atoms with E-state index < -0.39 is 0 Å². The molecule has 0 unspecified atom stereocenters. The summed E-state index contributed by atoms with van der Waals surface area (Å²) in [5.41, 5.74) is 2.44. The van der Waals surface area contributed by atoms with Crippen LogP contribution in [0.5, 0.6) is 0 Å². The molecular weight excluding hydrogens is 264 g/mol. The summed E-state index contributed by atoms with van der Waals surface area (Å²) in [5, 5.41) is 9.92. The van der Waals surface area contributed by atoms with Crippen molar-refractivity contribution in [2.24, 2.45) is 5.10 Å². The van der Waals surface area contributed by atoms with Crippen LogP contribution < -0.4 is 0 Å². The largest absolute Gasteiger partial charge is 0.296 e. The Morgan fingerprint density at radius 2 is 1.90 bits per heavy atom. The van der Waals surface area contributed by atoms with Crippen LogP contribution in [0.1, 0.15) is 11.1 Å². The van der Waals surface area contributed by atoms with Gasteiger partial charge in [-0.15, -0.1) is 11.3 Å². The molecule has 20 heavy (non-hydrogen) atoms. The lowest BCUT2D eigenvalue weighted by Crippen LogP contribution is -2.10. The molecule has 100 valence electrons. The molecule has 0 aliphatic rings. The minimum atomic E-state index is 0.821. The molecule has 3 rings (SSSR count). The zero-order chi connectivity index (χ0) is 13.8. The first-order valence-electron chi connectivity index (χ1n) is 6.58. The second-order valence-electron chi connectivity index (χ2n) is 4.73. The van der Waals surface area contributed by atoms with Crippen molar-refractivity contribution in [3.05, 3.63) is 71.1 Å². The zero-order valence-electron chi connectivity index (χ0n) is 11.4. The number of thiophene rings is 1. The molecule has 0 N–H and O–H groups in total. The Morgan fingerprint density at radius 3 is 2.75 bits per heavy atom. The third-order valence-corrected chi connectivity index (χ3v) is 4.17. The van der Waals surface area contributed by atoms with E-state index in [4.69, 9.17) is 0 Å². The highest BCUT2D eigenvalue weighted by atomic mass is 32.1. The van der Waals surface area contributed by atoms with Gasteiger partial charge in [-0.2, -0.15) is 5.10 Å². The number of hydrogen-bond acceptors (Lipinski definition) is 3. The third-order valence-electron chi connectivity index (χ3n) is 3.16. The molecule has 3 heteroatoms. The van der Waals surface area contributed by atoms with E-state index >= 15 is 0 Å². The first-order chi connectivity index (χ1) is 9.83. The summed E-state index contributed by atoms with van der Waals surface area (Å²) in [5.74, 6) is 0. The van der Waals surface area contributed by atoms with Gasteiger partial charge >= 0.3 is 0 Å². The molecule has 0 bridgehead atoms. The highest BCUT2D eigenvalue weighted by molar-refractivity contribution is 7.17. The SMILES string of the molecule is CN(Cc1cccc2ccsc12)/N=C/c1ccccc1. The summed E-state index contributed by atoms with van der Waals surface area (Å²) in [4.78, 5) is 0. The van der Waals surface area contributed by atoms with Crippen molar-refractivity contribution in [1.29, 1.82) is 0 Å².